The maximum atomic E-state index is 6.85. The highest BCUT2D eigenvalue weighted by atomic mass is 32.2. The van der Waals surface area contributed by atoms with E-state index in [0.29, 0.717) is 0 Å². The minimum absolute atomic E-state index is 0.0611. The highest BCUT2D eigenvalue weighted by Gasteiger charge is 2.51. The van der Waals surface area contributed by atoms with Gasteiger partial charge in [0.05, 0.1) is 15.5 Å². The van der Waals surface area contributed by atoms with E-state index < -0.39 is 0 Å². The fraction of sp³-hybridized carbons (Fsp3) is 0.231. The highest BCUT2D eigenvalue weighted by Crippen LogP contribution is 2.58. The summed E-state index contributed by atoms with van der Waals surface area (Å²) in [5.41, 5.74) is 18.7. The van der Waals surface area contributed by atoms with Gasteiger partial charge >= 0.3 is 6.85 Å². The van der Waals surface area contributed by atoms with Gasteiger partial charge in [-0.2, -0.15) is 0 Å². The lowest BCUT2D eigenvalue weighted by Gasteiger charge is -2.51. The van der Waals surface area contributed by atoms with E-state index in [-0.39, 0.29) is 23.1 Å². The van der Waals surface area contributed by atoms with Crippen molar-refractivity contribution < 1.29 is 4.74 Å². The number of anilines is 5. The molecule has 7 aromatic carbocycles. The fourth-order valence-electron chi connectivity index (χ4n) is 11.1. The predicted octanol–water partition coefficient (Wildman–Crippen LogP) is 13.1. The van der Waals surface area contributed by atoms with Crippen LogP contribution in [0.4, 0.5) is 28.4 Å². The van der Waals surface area contributed by atoms with Crippen molar-refractivity contribution in [2.75, 3.05) is 9.71 Å². The van der Waals surface area contributed by atoms with E-state index in [2.05, 4.69) is 180 Å². The van der Waals surface area contributed by atoms with Crippen LogP contribution in [0.2, 0.25) is 0 Å². The average Bonchev–Trinajstić information content (AvgIpc) is 3.20. The van der Waals surface area contributed by atoms with Crippen LogP contribution in [-0.4, -0.2) is 6.85 Å². The summed E-state index contributed by atoms with van der Waals surface area (Å²) in [6.07, 6.45) is 2.36. The zero-order chi connectivity index (χ0) is 38.7. The number of rotatable bonds is 1. The lowest BCUT2D eigenvalue weighted by molar-refractivity contribution is 0.332. The largest absolute Gasteiger partial charge is 0.455 e. The summed E-state index contributed by atoms with van der Waals surface area (Å²) in [6.45, 7) is 16.8. The first kappa shape index (κ1) is 33.7. The summed E-state index contributed by atoms with van der Waals surface area (Å²) < 4.78 is 6.85. The third-order valence-corrected chi connectivity index (χ3v) is 15.3. The van der Waals surface area contributed by atoms with E-state index >= 15 is 0 Å². The molecule has 0 radical (unpaired) electrons. The number of ether oxygens (including phenoxy) is 1. The van der Waals surface area contributed by atoms with Crippen LogP contribution in [0.25, 0.3) is 21.9 Å². The number of benzene rings is 7. The van der Waals surface area contributed by atoms with Crippen molar-refractivity contribution in [3.63, 3.8) is 0 Å². The molecular weight excluding hydrogens is 711 g/mol. The molecule has 4 aliphatic heterocycles. The molecule has 0 atom stereocenters. The van der Waals surface area contributed by atoms with Crippen molar-refractivity contribution >= 4 is 68.7 Å². The maximum absolute atomic E-state index is 6.85. The van der Waals surface area contributed by atoms with Gasteiger partial charge in [0, 0.05) is 45.2 Å². The van der Waals surface area contributed by atoms with Gasteiger partial charge in [-0.1, -0.05) is 132 Å². The molecule has 278 valence electrons. The molecule has 1 aliphatic carbocycles. The smallest absolute Gasteiger partial charge is 0.333 e. The van der Waals surface area contributed by atoms with Crippen LogP contribution in [0.15, 0.2) is 131 Å². The molecule has 0 saturated heterocycles. The third-order valence-electron chi connectivity index (χ3n) is 14.2. The molecule has 0 bridgehead atoms. The Hall–Kier alpha value is -5.39. The molecule has 0 aromatic heterocycles. The summed E-state index contributed by atoms with van der Waals surface area (Å²) in [5.74, 6) is 1.84. The summed E-state index contributed by atoms with van der Waals surface area (Å²) in [6, 6.07) is 46.2. The second-order valence-electron chi connectivity index (χ2n) is 18.8. The van der Waals surface area contributed by atoms with Gasteiger partial charge in [-0.3, -0.25) is 0 Å². The Morgan fingerprint density at radius 3 is 2.14 bits per heavy atom. The Bertz CT molecular complexity index is 2940. The summed E-state index contributed by atoms with van der Waals surface area (Å²) >= 11 is 1.83. The third kappa shape index (κ3) is 4.41. The van der Waals surface area contributed by atoms with E-state index in [1.54, 1.807) is 0 Å². The van der Waals surface area contributed by atoms with Gasteiger partial charge in [0.1, 0.15) is 11.5 Å². The van der Waals surface area contributed by atoms with E-state index in [0.717, 1.165) is 21.3 Å². The van der Waals surface area contributed by atoms with E-state index in [1.807, 2.05) is 11.8 Å². The van der Waals surface area contributed by atoms with Crippen molar-refractivity contribution in [2.45, 2.75) is 87.3 Å². The molecule has 57 heavy (non-hydrogen) atoms. The Morgan fingerprint density at radius 1 is 0.579 bits per heavy atom. The molecule has 5 aliphatic rings. The van der Waals surface area contributed by atoms with E-state index in [9.17, 15) is 0 Å². The normalized spacial score (nSPS) is 18.0. The molecule has 7 aromatic rings. The predicted molar refractivity (Wildman–Crippen MR) is 240 cm³/mol. The van der Waals surface area contributed by atoms with Crippen LogP contribution < -0.4 is 25.4 Å². The molecule has 12 rings (SSSR count). The molecule has 0 saturated carbocycles. The Balaban J connectivity index is 1.24. The van der Waals surface area contributed by atoms with Gasteiger partial charge in [0.25, 0.3) is 0 Å². The standard InChI is InChI=1S/C52H45BN2OS/c1-30-25-37-38(51(4,5)24-23-50(37,2)3)27-41(30)54-42-29-44-46(57-45-22-13-12-21-43(45)56-44)28-39(42)53-47-34(26-31-15-8-9-16-32(31)49(47)54)33-17-14-19-36-48(33)55(53)40-20-11-10-18-35(40)52(36,6)7/h8-22,25-29H,23-24H2,1-7H3. The van der Waals surface area contributed by atoms with Crippen LogP contribution >= 0.6 is 11.8 Å². The van der Waals surface area contributed by atoms with Gasteiger partial charge in [-0.25, -0.2) is 0 Å². The Morgan fingerprint density at radius 2 is 1.30 bits per heavy atom. The number of aryl methyl sites for hydroxylation is 1. The topological polar surface area (TPSA) is 15.7 Å². The first-order chi connectivity index (χ1) is 27.4. The number of hydrogen-bond acceptors (Lipinski definition) is 4. The van der Waals surface area contributed by atoms with Gasteiger partial charge in [0.2, 0.25) is 0 Å². The van der Waals surface area contributed by atoms with Crippen LogP contribution in [0.5, 0.6) is 11.5 Å². The van der Waals surface area contributed by atoms with Gasteiger partial charge in [-0.05, 0) is 117 Å². The van der Waals surface area contributed by atoms with Gasteiger partial charge < -0.3 is 14.4 Å². The van der Waals surface area contributed by atoms with Gasteiger partial charge in [-0.15, -0.1) is 0 Å². The molecule has 0 fully saturated rings. The summed E-state index contributed by atoms with van der Waals surface area (Å²) in [5, 5.41) is 2.53. The summed E-state index contributed by atoms with van der Waals surface area (Å²) in [7, 11) is 0. The van der Waals surface area contributed by atoms with E-state index in [4.69, 9.17) is 4.74 Å². The SMILES string of the molecule is Cc1cc2c(cc1N1c3cc4c(cc3B3c5c(cc6ccccc6c51)-c1cccc5c1N3c1ccccc1C5(C)C)Sc1ccccc1O4)C(C)(C)CCC2(C)C. The molecule has 0 amide bonds. The van der Waals surface area contributed by atoms with Crippen LogP contribution in [-0.2, 0) is 16.2 Å². The van der Waals surface area contributed by atoms with Crippen molar-refractivity contribution in [1.29, 1.82) is 0 Å². The Kier molecular flexibility index (Phi) is 6.61. The monoisotopic (exact) mass is 756 g/mol. The van der Waals surface area contributed by atoms with Crippen molar-refractivity contribution in [3.8, 4) is 22.6 Å². The molecule has 5 heteroatoms. The second-order valence-corrected chi connectivity index (χ2v) is 19.9. The lowest BCUT2D eigenvalue weighted by Crippen LogP contribution is -2.63. The minimum atomic E-state index is -0.163. The number of nitrogens with zero attached hydrogens (tertiary/aromatic N) is 2. The van der Waals surface area contributed by atoms with Crippen LogP contribution in [0.1, 0.15) is 82.2 Å². The average molecular weight is 757 g/mol. The molecular formula is C52H45BN2OS. The lowest BCUT2D eigenvalue weighted by atomic mass is 9.42. The molecule has 0 N–H and O–H groups in total. The first-order valence-corrected chi connectivity index (χ1v) is 21.4. The van der Waals surface area contributed by atoms with Crippen molar-refractivity contribution in [1.82, 2.24) is 0 Å². The molecule has 0 unspecified atom stereocenters. The number of fused-ring (bicyclic) bond motifs is 11. The second kappa shape index (κ2) is 11.2. The Labute approximate surface area is 340 Å². The van der Waals surface area contributed by atoms with Crippen molar-refractivity contribution in [3.05, 3.63) is 149 Å². The maximum Gasteiger partial charge on any atom is 0.333 e. The molecule has 3 nitrogen and oxygen atoms in total. The number of para-hydroxylation sites is 3. The zero-order valence-electron chi connectivity index (χ0n) is 33.7. The molecule has 0 spiro atoms. The van der Waals surface area contributed by atoms with Crippen LogP contribution in [0, 0.1) is 6.92 Å². The van der Waals surface area contributed by atoms with Crippen molar-refractivity contribution in [2.24, 2.45) is 0 Å². The minimum Gasteiger partial charge on any atom is -0.455 e. The quantitative estimate of drug-likeness (QED) is 0.155. The van der Waals surface area contributed by atoms with E-state index in [1.165, 1.54) is 102 Å². The number of hydrogen-bond donors (Lipinski definition) is 0. The fourth-order valence-corrected chi connectivity index (χ4v) is 12.1. The summed E-state index contributed by atoms with van der Waals surface area (Å²) in [4.78, 5) is 7.67. The molecule has 4 heterocycles. The highest BCUT2D eigenvalue weighted by molar-refractivity contribution is 7.99. The zero-order valence-corrected chi connectivity index (χ0v) is 34.6. The first-order valence-electron chi connectivity index (χ1n) is 20.6. The van der Waals surface area contributed by atoms with Crippen LogP contribution in [0.3, 0.4) is 0 Å². The van der Waals surface area contributed by atoms with Gasteiger partial charge in [0.15, 0.2) is 0 Å².